The molecule has 3 rings (SSSR count). The number of carbonyl (C=O) groups is 2. The Bertz CT molecular complexity index is 684. The second-order valence-corrected chi connectivity index (χ2v) is 5.55. The van der Waals surface area contributed by atoms with Gasteiger partial charge in [-0.25, -0.2) is 0 Å². The van der Waals surface area contributed by atoms with Crippen molar-refractivity contribution in [1.82, 2.24) is 0 Å². The van der Waals surface area contributed by atoms with Gasteiger partial charge in [-0.05, 0) is 24.6 Å². The van der Waals surface area contributed by atoms with Crippen LogP contribution in [-0.2, 0) is 14.3 Å². The first-order valence-corrected chi connectivity index (χ1v) is 7.81. The third kappa shape index (κ3) is 3.11. The first kappa shape index (κ1) is 15.3. The van der Waals surface area contributed by atoms with E-state index in [0.717, 1.165) is 11.3 Å². The number of anilines is 1. The number of benzene rings is 2. The average molecular weight is 309 g/mol. The van der Waals surface area contributed by atoms with Crippen LogP contribution in [0.4, 0.5) is 5.69 Å². The molecule has 1 saturated heterocycles. The van der Waals surface area contributed by atoms with Crippen molar-refractivity contribution >= 4 is 17.6 Å². The van der Waals surface area contributed by atoms with Crippen LogP contribution in [0.3, 0.4) is 0 Å². The predicted octanol–water partition coefficient (Wildman–Crippen LogP) is 3.34. The number of rotatable bonds is 4. The standard InChI is InChI=1S/C19H19NO3/c1-2-20(15-11-7-4-8-12-15)19(22)16-13-17(21)23-18(16)14-9-5-3-6-10-14/h3-12,16,18H,2,13H2,1H3/t16-,18-/m1/s1. The average Bonchev–Trinajstić information content (AvgIpc) is 2.99. The van der Waals surface area contributed by atoms with Gasteiger partial charge in [-0.3, -0.25) is 9.59 Å². The molecule has 0 radical (unpaired) electrons. The van der Waals surface area contributed by atoms with E-state index in [-0.39, 0.29) is 18.3 Å². The van der Waals surface area contributed by atoms with Crippen molar-refractivity contribution in [2.24, 2.45) is 5.92 Å². The van der Waals surface area contributed by atoms with Crippen LogP contribution >= 0.6 is 0 Å². The Morgan fingerprint density at radius 3 is 2.30 bits per heavy atom. The maximum absolute atomic E-state index is 13.0. The van der Waals surface area contributed by atoms with Gasteiger partial charge in [-0.1, -0.05) is 48.5 Å². The molecule has 1 aliphatic rings. The van der Waals surface area contributed by atoms with E-state index >= 15 is 0 Å². The largest absolute Gasteiger partial charge is 0.457 e. The number of ether oxygens (including phenoxy) is 1. The molecule has 1 amide bonds. The van der Waals surface area contributed by atoms with Crippen molar-refractivity contribution in [1.29, 1.82) is 0 Å². The van der Waals surface area contributed by atoms with E-state index in [2.05, 4.69) is 0 Å². The highest BCUT2D eigenvalue weighted by atomic mass is 16.6. The van der Waals surface area contributed by atoms with Gasteiger partial charge in [0.25, 0.3) is 0 Å². The molecule has 0 aliphatic carbocycles. The SMILES string of the molecule is CCN(C(=O)[C@@H]1CC(=O)O[C@@H]1c1ccccc1)c1ccccc1. The van der Waals surface area contributed by atoms with E-state index in [9.17, 15) is 9.59 Å². The molecule has 0 unspecified atom stereocenters. The number of esters is 1. The Morgan fingerprint density at radius 1 is 1.09 bits per heavy atom. The zero-order valence-corrected chi connectivity index (χ0v) is 13.0. The van der Waals surface area contributed by atoms with Gasteiger partial charge in [-0.2, -0.15) is 0 Å². The van der Waals surface area contributed by atoms with E-state index in [4.69, 9.17) is 4.74 Å². The fourth-order valence-corrected chi connectivity index (χ4v) is 2.99. The van der Waals surface area contributed by atoms with E-state index in [1.54, 1.807) is 4.90 Å². The lowest BCUT2D eigenvalue weighted by Gasteiger charge is -2.26. The molecule has 1 heterocycles. The highest BCUT2D eigenvalue weighted by molar-refractivity contribution is 5.98. The number of amides is 1. The summed E-state index contributed by atoms with van der Waals surface area (Å²) in [5.74, 6) is -0.871. The molecule has 1 fully saturated rings. The molecular weight excluding hydrogens is 290 g/mol. The van der Waals surface area contributed by atoms with E-state index in [1.807, 2.05) is 67.6 Å². The Hall–Kier alpha value is -2.62. The van der Waals surface area contributed by atoms with Crippen LogP contribution in [-0.4, -0.2) is 18.4 Å². The van der Waals surface area contributed by atoms with Gasteiger partial charge in [0.2, 0.25) is 5.91 Å². The summed E-state index contributed by atoms with van der Waals surface area (Å²) < 4.78 is 5.43. The molecule has 1 aliphatic heterocycles. The smallest absolute Gasteiger partial charge is 0.307 e. The molecule has 2 aromatic carbocycles. The highest BCUT2D eigenvalue weighted by Crippen LogP contribution is 2.37. The lowest BCUT2D eigenvalue weighted by molar-refractivity contribution is -0.141. The van der Waals surface area contributed by atoms with Crippen molar-refractivity contribution in [2.75, 3.05) is 11.4 Å². The summed E-state index contributed by atoms with van der Waals surface area (Å²) >= 11 is 0. The van der Waals surface area contributed by atoms with Crippen molar-refractivity contribution in [2.45, 2.75) is 19.4 Å². The Balaban J connectivity index is 1.89. The summed E-state index contributed by atoms with van der Waals surface area (Å²) in [7, 11) is 0. The molecule has 0 bridgehead atoms. The summed E-state index contributed by atoms with van der Waals surface area (Å²) in [6.07, 6.45) is -0.379. The predicted molar refractivity (Wildman–Crippen MR) is 87.9 cm³/mol. The second-order valence-electron chi connectivity index (χ2n) is 5.55. The number of cyclic esters (lactones) is 1. The molecule has 0 aromatic heterocycles. The molecule has 0 saturated carbocycles. The van der Waals surface area contributed by atoms with Gasteiger partial charge < -0.3 is 9.64 Å². The minimum Gasteiger partial charge on any atom is -0.457 e. The minimum absolute atomic E-state index is 0.0709. The molecule has 118 valence electrons. The third-order valence-electron chi connectivity index (χ3n) is 4.11. The quantitative estimate of drug-likeness (QED) is 0.814. The number of nitrogens with zero attached hydrogens (tertiary/aromatic N) is 1. The minimum atomic E-state index is -0.506. The highest BCUT2D eigenvalue weighted by Gasteiger charge is 2.42. The van der Waals surface area contributed by atoms with Gasteiger partial charge in [0.05, 0.1) is 12.3 Å². The first-order valence-electron chi connectivity index (χ1n) is 7.81. The van der Waals surface area contributed by atoms with Gasteiger partial charge in [0.1, 0.15) is 6.10 Å². The van der Waals surface area contributed by atoms with Crippen LogP contribution in [0.15, 0.2) is 60.7 Å². The molecule has 4 nitrogen and oxygen atoms in total. The zero-order valence-electron chi connectivity index (χ0n) is 13.0. The summed E-state index contributed by atoms with van der Waals surface area (Å²) in [6, 6.07) is 19.0. The van der Waals surface area contributed by atoms with Gasteiger partial charge in [0.15, 0.2) is 0 Å². The lowest BCUT2D eigenvalue weighted by atomic mass is 9.93. The second kappa shape index (κ2) is 6.65. The van der Waals surface area contributed by atoms with Crippen molar-refractivity contribution in [3.05, 3.63) is 66.2 Å². The van der Waals surface area contributed by atoms with Crippen LogP contribution in [0.5, 0.6) is 0 Å². The van der Waals surface area contributed by atoms with E-state index in [1.165, 1.54) is 0 Å². The topological polar surface area (TPSA) is 46.6 Å². The van der Waals surface area contributed by atoms with Crippen LogP contribution in [0.1, 0.15) is 25.0 Å². The monoisotopic (exact) mass is 309 g/mol. The van der Waals surface area contributed by atoms with E-state index in [0.29, 0.717) is 6.54 Å². The molecule has 23 heavy (non-hydrogen) atoms. The Morgan fingerprint density at radius 2 is 1.70 bits per heavy atom. The number of para-hydroxylation sites is 1. The lowest BCUT2D eigenvalue weighted by Crippen LogP contribution is -2.37. The number of hydrogen-bond donors (Lipinski definition) is 0. The maximum atomic E-state index is 13.0. The van der Waals surface area contributed by atoms with E-state index < -0.39 is 12.0 Å². The summed E-state index contributed by atoms with van der Waals surface area (Å²) in [4.78, 5) is 26.5. The Kier molecular flexibility index (Phi) is 4.42. The zero-order chi connectivity index (χ0) is 16.2. The number of hydrogen-bond acceptors (Lipinski definition) is 3. The molecule has 0 N–H and O–H groups in total. The normalized spacial score (nSPS) is 20.1. The van der Waals surface area contributed by atoms with Crippen molar-refractivity contribution in [3.8, 4) is 0 Å². The van der Waals surface area contributed by atoms with Crippen LogP contribution in [0.25, 0.3) is 0 Å². The van der Waals surface area contributed by atoms with Crippen molar-refractivity contribution < 1.29 is 14.3 Å². The van der Waals surface area contributed by atoms with Crippen LogP contribution in [0.2, 0.25) is 0 Å². The maximum Gasteiger partial charge on any atom is 0.307 e. The van der Waals surface area contributed by atoms with Crippen LogP contribution in [0, 0.1) is 5.92 Å². The first-order chi connectivity index (χ1) is 11.2. The third-order valence-corrected chi connectivity index (χ3v) is 4.11. The molecule has 0 spiro atoms. The summed E-state index contributed by atoms with van der Waals surface area (Å²) in [6.45, 7) is 2.48. The summed E-state index contributed by atoms with van der Waals surface area (Å²) in [5, 5.41) is 0. The van der Waals surface area contributed by atoms with Crippen LogP contribution < -0.4 is 4.90 Å². The van der Waals surface area contributed by atoms with Gasteiger partial charge in [-0.15, -0.1) is 0 Å². The fourth-order valence-electron chi connectivity index (χ4n) is 2.99. The van der Waals surface area contributed by atoms with Gasteiger partial charge >= 0.3 is 5.97 Å². The molecular formula is C19H19NO3. The van der Waals surface area contributed by atoms with Crippen molar-refractivity contribution in [3.63, 3.8) is 0 Å². The van der Waals surface area contributed by atoms with Gasteiger partial charge in [0, 0.05) is 12.2 Å². The Labute approximate surface area is 135 Å². The fraction of sp³-hybridized carbons (Fsp3) is 0.263. The summed E-state index contributed by atoms with van der Waals surface area (Å²) in [5.41, 5.74) is 1.70. The molecule has 2 atom stereocenters. The molecule has 2 aromatic rings. The molecule has 4 heteroatoms. The number of carbonyl (C=O) groups excluding carboxylic acids is 2.